The van der Waals surface area contributed by atoms with Crippen LogP contribution in [0.15, 0.2) is 36.9 Å². The third kappa shape index (κ3) is 3.03. The number of hydrogen-bond acceptors (Lipinski definition) is 2. The van der Waals surface area contributed by atoms with Crippen LogP contribution in [0.25, 0.3) is 0 Å². The molecule has 88 valence electrons. The molecule has 0 amide bonds. The number of rotatable bonds is 5. The van der Waals surface area contributed by atoms with Crippen molar-refractivity contribution in [3.8, 4) is 0 Å². The van der Waals surface area contributed by atoms with Crippen LogP contribution in [0.4, 0.5) is 0 Å². The van der Waals surface area contributed by atoms with Gasteiger partial charge in [-0.05, 0) is 30.9 Å². The lowest BCUT2D eigenvalue weighted by Gasteiger charge is -2.06. The van der Waals surface area contributed by atoms with E-state index in [9.17, 15) is 0 Å². The van der Waals surface area contributed by atoms with Gasteiger partial charge in [0.25, 0.3) is 0 Å². The number of hydrogen-bond donors (Lipinski definition) is 1. The second-order valence-corrected chi connectivity index (χ2v) is 4.11. The molecule has 0 unspecified atom stereocenters. The fraction of sp³-hybridized carbons (Fsp3) is 0.286. The van der Waals surface area contributed by atoms with Crippen LogP contribution >= 0.6 is 0 Å². The molecular formula is C14H17N3. The Bertz CT molecular complexity index is 500. The number of nitrogens with zero attached hydrogens (tertiary/aromatic N) is 2. The number of benzene rings is 1. The SMILES string of the molecule is C=CCCc1ccccc1Cc1n[nH]c(C)n1. The first-order valence-electron chi connectivity index (χ1n) is 5.85. The van der Waals surface area contributed by atoms with Gasteiger partial charge < -0.3 is 0 Å². The van der Waals surface area contributed by atoms with Crippen LogP contribution in [0.3, 0.4) is 0 Å². The molecule has 0 aliphatic heterocycles. The molecule has 0 saturated heterocycles. The molecule has 1 N–H and O–H groups in total. The molecule has 1 heterocycles. The highest BCUT2D eigenvalue weighted by molar-refractivity contribution is 5.29. The second kappa shape index (κ2) is 5.43. The van der Waals surface area contributed by atoms with Crippen molar-refractivity contribution in [3.63, 3.8) is 0 Å². The van der Waals surface area contributed by atoms with Crippen molar-refractivity contribution in [1.82, 2.24) is 15.2 Å². The van der Waals surface area contributed by atoms with Gasteiger partial charge in [0.15, 0.2) is 5.82 Å². The van der Waals surface area contributed by atoms with E-state index in [1.807, 2.05) is 13.0 Å². The summed E-state index contributed by atoms with van der Waals surface area (Å²) in [6.07, 6.45) is 4.78. The summed E-state index contributed by atoms with van der Waals surface area (Å²) in [4.78, 5) is 4.34. The second-order valence-electron chi connectivity index (χ2n) is 4.11. The molecule has 2 rings (SSSR count). The van der Waals surface area contributed by atoms with Crippen molar-refractivity contribution < 1.29 is 0 Å². The summed E-state index contributed by atoms with van der Waals surface area (Å²) in [5.41, 5.74) is 2.66. The van der Waals surface area contributed by atoms with E-state index in [4.69, 9.17) is 0 Å². The summed E-state index contributed by atoms with van der Waals surface area (Å²) in [5, 5.41) is 7.05. The number of aryl methyl sites for hydroxylation is 2. The Kier molecular flexibility index (Phi) is 3.70. The maximum Gasteiger partial charge on any atom is 0.155 e. The molecule has 0 saturated carbocycles. The van der Waals surface area contributed by atoms with Crippen molar-refractivity contribution in [2.75, 3.05) is 0 Å². The van der Waals surface area contributed by atoms with Crippen molar-refractivity contribution in [2.45, 2.75) is 26.2 Å². The average Bonchev–Trinajstić information content (AvgIpc) is 2.74. The van der Waals surface area contributed by atoms with Gasteiger partial charge in [0, 0.05) is 6.42 Å². The number of allylic oxidation sites excluding steroid dienone is 1. The summed E-state index contributed by atoms with van der Waals surface area (Å²) in [5.74, 6) is 1.72. The normalized spacial score (nSPS) is 10.4. The molecule has 0 aliphatic rings. The highest BCUT2D eigenvalue weighted by atomic mass is 15.2. The van der Waals surface area contributed by atoms with Crippen molar-refractivity contribution in [3.05, 3.63) is 59.7 Å². The van der Waals surface area contributed by atoms with Crippen LogP contribution in [-0.2, 0) is 12.8 Å². The molecule has 0 radical (unpaired) electrons. The number of H-pyrrole nitrogens is 1. The predicted molar refractivity (Wildman–Crippen MR) is 68.9 cm³/mol. The molecule has 1 aromatic heterocycles. The highest BCUT2D eigenvalue weighted by Crippen LogP contribution is 2.14. The summed E-state index contributed by atoms with van der Waals surface area (Å²) >= 11 is 0. The van der Waals surface area contributed by atoms with Crippen LogP contribution in [-0.4, -0.2) is 15.2 Å². The highest BCUT2D eigenvalue weighted by Gasteiger charge is 2.05. The molecule has 17 heavy (non-hydrogen) atoms. The zero-order valence-corrected chi connectivity index (χ0v) is 10.1. The summed E-state index contributed by atoms with van der Waals surface area (Å²) < 4.78 is 0. The number of nitrogens with one attached hydrogen (secondary N) is 1. The van der Waals surface area contributed by atoms with Crippen LogP contribution < -0.4 is 0 Å². The summed E-state index contributed by atoms with van der Waals surface area (Å²) in [7, 11) is 0. The largest absolute Gasteiger partial charge is 0.263 e. The van der Waals surface area contributed by atoms with Crippen molar-refractivity contribution >= 4 is 0 Å². The van der Waals surface area contributed by atoms with E-state index < -0.39 is 0 Å². The van der Waals surface area contributed by atoms with E-state index in [0.29, 0.717) is 0 Å². The van der Waals surface area contributed by atoms with Crippen molar-refractivity contribution in [2.24, 2.45) is 0 Å². The molecule has 0 aliphatic carbocycles. The topological polar surface area (TPSA) is 41.6 Å². The first-order valence-corrected chi connectivity index (χ1v) is 5.85. The van der Waals surface area contributed by atoms with Crippen LogP contribution in [0.5, 0.6) is 0 Å². The molecule has 0 spiro atoms. The fourth-order valence-corrected chi connectivity index (χ4v) is 1.87. The van der Waals surface area contributed by atoms with Gasteiger partial charge in [0.05, 0.1) is 0 Å². The van der Waals surface area contributed by atoms with E-state index in [1.54, 1.807) is 0 Å². The van der Waals surface area contributed by atoms with Gasteiger partial charge in [-0.15, -0.1) is 6.58 Å². The Morgan fingerprint density at radius 1 is 1.29 bits per heavy atom. The number of aromatic nitrogens is 3. The van der Waals surface area contributed by atoms with E-state index in [1.165, 1.54) is 11.1 Å². The molecule has 3 nitrogen and oxygen atoms in total. The third-order valence-electron chi connectivity index (χ3n) is 2.73. The van der Waals surface area contributed by atoms with E-state index in [-0.39, 0.29) is 0 Å². The lowest BCUT2D eigenvalue weighted by Crippen LogP contribution is -1.97. The monoisotopic (exact) mass is 227 g/mol. The predicted octanol–water partition coefficient (Wildman–Crippen LogP) is 2.82. The first kappa shape index (κ1) is 11.6. The Morgan fingerprint density at radius 3 is 2.71 bits per heavy atom. The average molecular weight is 227 g/mol. The van der Waals surface area contributed by atoms with E-state index >= 15 is 0 Å². The summed E-state index contributed by atoms with van der Waals surface area (Å²) in [6.45, 7) is 5.68. The molecule has 0 atom stereocenters. The maximum absolute atomic E-state index is 4.34. The lowest BCUT2D eigenvalue weighted by atomic mass is 10.0. The Morgan fingerprint density at radius 2 is 2.06 bits per heavy atom. The van der Waals surface area contributed by atoms with Crippen LogP contribution in [0.2, 0.25) is 0 Å². The quantitative estimate of drug-likeness (QED) is 0.798. The molecule has 1 aromatic carbocycles. The molecule has 2 aromatic rings. The van der Waals surface area contributed by atoms with E-state index in [2.05, 4.69) is 46.0 Å². The number of aromatic amines is 1. The first-order chi connectivity index (χ1) is 8.29. The van der Waals surface area contributed by atoms with Gasteiger partial charge in [-0.1, -0.05) is 30.3 Å². The fourth-order valence-electron chi connectivity index (χ4n) is 1.87. The molecular weight excluding hydrogens is 210 g/mol. The zero-order valence-electron chi connectivity index (χ0n) is 10.1. The minimum atomic E-state index is 0.789. The van der Waals surface area contributed by atoms with Gasteiger partial charge in [0.2, 0.25) is 0 Å². The standard InChI is InChI=1S/C14H17N3/c1-3-4-7-12-8-5-6-9-13(12)10-14-15-11(2)16-17-14/h3,5-6,8-9H,1,4,7,10H2,2H3,(H,15,16,17). The maximum atomic E-state index is 4.34. The van der Waals surface area contributed by atoms with Gasteiger partial charge in [-0.3, -0.25) is 5.10 Å². The van der Waals surface area contributed by atoms with E-state index in [0.717, 1.165) is 30.9 Å². The molecule has 0 fully saturated rings. The Hall–Kier alpha value is -1.90. The summed E-state index contributed by atoms with van der Waals surface area (Å²) in [6, 6.07) is 8.44. The molecule has 3 heteroatoms. The smallest absolute Gasteiger partial charge is 0.155 e. The minimum absolute atomic E-state index is 0.789. The lowest BCUT2D eigenvalue weighted by molar-refractivity contribution is 0.929. The minimum Gasteiger partial charge on any atom is -0.263 e. The van der Waals surface area contributed by atoms with Gasteiger partial charge in [0.1, 0.15) is 5.82 Å². The Labute approximate surface area is 102 Å². The van der Waals surface area contributed by atoms with Gasteiger partial charge in [-0.25, -0.2) is 4.98 Å². The third-order valence-corrected chi connectivity index (χ3v) is 2.73. The van der Waals surface area contributed by atoms with Crippen molar-refractivity contribution in [1.29, 1.82) is 0 Å². The van der Waals surface area contributed by atoms with Gasteiger partial charge >= 0.3 is 0 Å². The zero-order chi connectivity index (χ0) is 12.1. The Balaban J connectivity index is 2.16. The molecule has 0 bridgehead atoms. The van der Waals surface area contributed by atoms with Crippen LogP contribution in [0, 0.1) is 6.92 Å². The van der Waals surface area contributed by atoms with Crippen LogP contribution in [0.1, 0.15) is 29.2 Å². The van der Waals surface area contributed by atoms with Gasteiger partial charge in [-0.2, -0.15) is 5.10 Å².